The van der Waals surface area contributed by atoms with Gasteiger partial charge in [-0.05, 0) is 11.4 Å². The van der Waals surface area contributed by atoms with Gasteiger partial charge < -0.3 is 5.11 Å². The van der Waals surface area contributed by atoms with E-state index in [2.05, 4.69) is 26.7 Å². The lowest BCUT2D eigenvalue weighted by atomic mass is 10.1. The second-order valence-corrected chi connectivity index (χ2v) is 5.35. The Morgan fingerprint density at radius 1 is 1.56 bits per heavy atom. The largest absolute Gasteiger partial charge is 0.476 e. The highest BCUT2D eigenvalue weighted by molar-refractivity contribution is 7.09. The minimum atomic E-state index is -1.03. The number of aromatic nitrogens is 3. The van der Waals surface area contributed by atoms with Gasteiger partial charge in [0.25, 0.3) is 0 Å². The molecule has 0 bridgehead atoms. The highest BCUT2D eigenvalue weighted by Gasteiger charge is 2.29. The van der Waals surface area contributed by atoms with Crippen LogP contribution >= 0.6 is 11.3 Å². The standard InChI is InChI=1S/C11H12N4O2S/c16-11(17)10-7-15(13-12-10)8-4-14(5-8)6-9-2-1-3-18-9/h1-3,7-8H,4-6H2,(H,16,17). The van der Waals surface area contributed by atoms with Gasteiger partial charge in [-0.15, -0.1) is 16.4 Å². The van der Waals surface area contributed by atoms with E-state index in [-0.39, 0.29) is 11.7 Å². The van der Waals surface area contributed by atoms with Gasteiger partial charge in [0, 0.05) is 24.5 Å². The summed E-state index contributed by atoms with van der Waals surface area (Å²) < 4.78 is 1.65. The van der Waals surface area contributed by atoms with E-state index < -0.39 is 5.97 Å². The van der Waals surface area contributed by atoms with Crippen LogP contribution in [0.1, 0.15) is 21.4 Å². The minimum Gasteiger partial charge on any atom is -0.476 e. The summed E-state index contributed by atoms with van der Waals surface area (Å²) in [5.41, 5.74) is 0.00621. The summed E-state index contributed by atoms with van der Waals surface area (Å²) in [7, 11) is 0. The normalized spacial score (nSPS) is 16.7. The molecule has 0 saturated carbocycles. The van der Waals surface area contributed by atoms with Crippen LogP contribution in [0, 0.1) is 0 Å². The third kappa shape index (κ3) is 2.14. The number of carboxylic acids is 1. The Labute approximate surface area is 107 Å². The fourth-order valence-corrected chi connectivity index (χ4v) is 2.76. The van der Waals surface area contributed by atoms with E-state index in [1.54, 1.807) is 16.0 Å². The van der Waals surface area contributed by atoms with E-state index in [0.29, 0.717) is 0 Å². The maximum atomic E-state index is 10.7. The summed E-state index contributed by atoms with van der Waals surface area (Å²) in [6.45, 7) is 2.73. The molecule has 3 rings (SSSR count). The molecule has 1 aliphatic heterocycles. The molecule has 0 amide bonds. The molecular weight excluding hydrogens is 252 g/mol. The highest BCUT2D eigenvalue weighted by atomic mass is 32.1. The zero-order valence-electron chi connectivity index (χ0n) is 9.56. The van der Waals surface area contributed by atoms with Crippen molar-refractivity contribution in [1.82, 2.24) is 19.9 Å². The molecule has 94 valence electrons. The second-order valence-electron chi connectivity index (χ2n) is 4.32. The summed E-state index contributed by atoms with van der Waals surface area (Å²) in [4.78, 5) is 14.3. The Morgan fingerprint density at radius 2 is 2.39 bits per heavy atom. The lowest BCUT2D eigenvalue weighted by molar-refractivity contribution is 0.0690. The van der Waals surface area contributed by atoms with Crippen LogP contribution in [0.5, 0.6) is 0 Å². The lowest BCUT2D eigenvalue weighted by Crippen LogP contribution is -2.47. The summed E-state index contributed by atoms with van der Waals surface area (Å²) in [5.74, 6) is -1.03. The van der Waals surface area contributed by atoms with Crippen molar-refractivity contribution in [1.29, 1.82) is 0 Å². The van der Waals surface area contributed by atoms with Gasteiger partial charge in [-0.25, -0.2) is 9.48 Å². The van der Waals surface area contributed by atoms with Crippen LogP contribution in [0.25, 0.3) is 0 Å². The van der Waals surface area contributed by atoms with E-state index in [1.807, 2.05) is 6.07 Å². The maximum absolute atomic E-state index is 10.7. The molecule has 7 heteroatoms. The van der Waals surface area contributed by atoms with Gasteiger partial charge in [-0.2, -0.15) is 0 Å². The van der Waals surface area contributed by atoms with Crippen molar-refractivity contribution >= 4 is 17.3 Å². The Bertz CT molecular complexity index is 545. The number of carbonyl (C=O) groups is 1. The molecule has 0 aliphatic carbocycles. The second kappa shape index (κ2) is 4.51. The average molecular weight is 264 g/mol. The average Bonchev–Trinajstić information content (AvgIpc) is 2.94. The van der Waals surface area contributed by atoms with E-state index in [4.69, 9.17) is 5.11 Å². The molecule has 2 aromatic rings. The monoisotopic (exact) mass is 264 g/mol. The first-order valence-corrected chi connectivity index (χ1v) is 6.50. The molecule has 0 aromatic carbocycles. The predicted molar refractivity (Wildman–Crippen MR) is 65.6 cm³/mol. The Balaban J connectivity index is 1.56. The smallest absolute Gasteiger partial charge is 0.358 e. The SMILES string of the molecule is O=C(O)c1cn(C2CN(Cc3cccs3)C2)nn1. The third-order valence-corrected chi connectivity index (χ3v) is 3.86. The Kier molecular flexibility index (Phi) is 2.85. The molecule has 0 spiro atoms. The van der Waals surface area contributed by atoms with E-state index in [9.17, 15) is 4.79 Å². The predicted octanol–water partition coefficient (Wildman–Crippen LogP) is 1.09. The molecule has 1 saturated heterocycles. The van der Waals surface area contributed by atoms with Crippen molar-refractivity contribution in [3.05, 3.63) is 34.3 Å². The van der Waals surface area contributed by atoms with Gasteiger partial charge in [0.2, 0.25) is 0 Å². The van der Waals surface area contributed by atoms with Crippen LogP contribution in [-0.4, -0.2) is 44.1 Å². The van der Waals surface area contributed by atoms with Crippen molar-refractivity contribution in [2.24, 2.45) is 0 Å². The molecule has 2 aromatic heterocycles. The lowest BCUT2D eigenvalue weighted by Gasteiger charge is -2.38. The van der Waals surface area contributed by atoms with Crippen molar-refractivity contribution in [2.45, 2.75) is 12.6 Å². The molecule has 1 fully saturated rings. The number of rotatable bonds is 4. The maximum Gasteiger partial charge on any atom is 0.358 e. The fourth-order valence-electron chi connectivity index (χ4n) is 2.02. The van der Waals surface area contributed by atoms with E-state index in [1.165, 1.54) is 11.1 Å². The number of hydrogen-bond donors (Lipinski definition) is 1. The van der Waals surface area contributed by atoms with Crippen LogP contribution in [0.3, 0.4) is 0 Å². The highest BCUT2D eigenvalue weighted by Crippen LogP contribution is 2.23. The van der Waals surface area contributed by atoms with E-state index >= 15 is 0 Å². The van der Waals surface area contributed by atoms with Gasteiger partial charge in [0.05, 0.1) is 12.2 Å². The summed E-state index contributed by atoms with van der Waals surface area (Å²) in [6.07, 6.45) is 1.50. The third-order valence-electron chi connectivity index (χ3n) is 3.00. The topological polar surface area (TPSA) is 71.2 Å². The molecule has 18 heavy (non-hydrogen) atoms. The summed E-state index contributed by atoms with van der Waals surface area (Å²) in [6, 6.07) is 4.41. The van der Waals surface area contributed by atoms with Crippen LogP contribution in [0.2, 0.25) is 0 Å². The minimum absolute atomic E-state index is 0.00621. The fraction of sp³-hybridized carbons (Fsp3) is 0.364. The summed E-state index contributed by atoms with van der Waals surface area (Å²) in [5, 5.41) is 18.3. The van der Waals surface area contributed by atoms with Crippen LogP contribution < -0.4 is 0 Å². The van der Waals surface area contributed by atoms with Gasteiger partial charge in [-0.1, -0.05) is 11.3 Å². The van der Waals surface area contributed by atoms with Crippen molar-refractivity contribution < 1.29 is 9.90 Å². The molecule has 1 aliphatic rings. The number of nitrogens with zero attached hydrogens (tertiary/aromatic N) is 4. The zero-order chi connectivity index (χ0) is 12.5. The zero-order valence-corrected chi connectivity index (χ0v) is 10.4. The number of hydrogen-bond acceptors (Lipinski definition) is 5. The van der Waals surface area contributed by atoms with Gasteiger partial charge in [0.1, 0.15) is 0 Å². The van der Waals surface area contributed by atoms with Crippen molar-refractivity contribution in [3.8, 4) is 0 Å². The first-order chi connectivity index (χ1) is 8.72. The molecule has 3 heterocycles. The van der Waals surface area contributed by atoms with E-state index in [0.717, 1.165) is 19.6 Å². The quantitative estimate of drug-likeness (QED) is 0.895. The Morgan fingerprint density at radius 3 is 3.00 bits per heavy atom. The van der Waals surface area contributed by atoms with Gasteiger partial charge in [-0.3, -0.25) is 4.90 Å². The first kappa shape index (κ1) is 11.4. The number of carboxylic acid groups (broad SMARTS) is 1. The molecule has 1 N–H and O–H groups in total. The molecule has 0 unspecified atom stereocenters. The van der Waals surface area contributed by atoms with Crippen LogP contribution in [0.4, 0.5) is 0 Å². The number of likely N-dealkylation sites (tertiary alicyclic amines) is 1. The summed E-state index contributed by atoms with van der Waals surface area (Å²) >= 11 is 1.75. The Hall–Kier alpha value is -1.73. The van der Waals surface area contributed by atoms with Crippen molar-refractivity contribution in [2.75, 3.05) is 13.1 Å². The molecular formula is C11H12N4O2S. The van der Waals surface area contributed by atoms with Crippen molar-refractivity contribution in [3.63, 3.8) is 0 Å². The number of thiophene rings is 1. The van der Waals surface area contributed by atoms with Crippen LogP contribution in [0.15, 0.2) is 23.7 Å². The van der Waals surface area contributed by atoms with Gasteiger partial charge in [0.15, 0.2) is 5.69 Å². The molecule has 0 radical (unpaired) electrons. The first-order valence-electron chi connectivity index (χ1n) is 5.62. The molecule has 6 nitrogen and oxygen atoms in total. The van der Waals surface area contributed by atoms with Gasteiger partial charge >= 0.3 is 5.97 Å². The number of aromatic carboxylic acids is 1. The van der Waals surface area contributed by atoms with Crippen LogP contribution in [-0.2, 0) is 6.54 Å². The molecule has 0 atom stereocenters.